The maximum absolute atomic E-state index is 11.5. The van der Waals surface area contributed by atoms with Crippen molar-refractivity contribution in [3.63, 3.8) is 0 Å². The number of carbonyl (C=O) groups is 1. The van der Waals surface area contributed by atoms with E-state index in [1.54, 1.807) is 0 Å². The lowest BCUT2D eigenvalue weighted by Gasteiger charge is -2.23. The summed E-state index contributed by atoms with van der Waals surface area (Å²) in [5.74, 6) is 1.39. The Morgan fingerprint density at radius 2 is 2.40 bits per heavy atom. The van der Waals surface area contributed by atoms with E-state index in [1.165, 1.54) is 6.42 Å². The summed E-state index contributed by atoms with van der Waals surface area (Å²) in [6.07, 6.45) is 7.27. The number of amides is 1. The average Bonchev–Trinajstić information content (AvgIpc) is 2.26. The van der Waals surface area contributed by atoms with Gasteiger partial charge in [0.15, 0.2) is 0 Å². The monoisotopic (exact) mass is 230 g/mol. The number of thioether (sulfide) groups is 1. The molecule has 1 rings (SSSR count). The first-order valence-corrected chi connectivity index (χ1v) is 7.21. The van der Waals surface area contributed by atoms with E-state index >= 15 is 0 Å². The molecule has 1 unspecified atom stereocenters. The normalized spacial score (nSPS) is 21.3. The molecule has 1 saturated heterocycles. The fourth-order valence-corrected chi connectivity index (χ4v) is 2.30. The van der Waals surface area contributed by atoms with Crippen LogP contribution in [0, 0.1) is 0 Å². The van der Waals surface area contributed by atoms with E-state index in [0.29, 0.717) is 12.5 Å². The number of hydrogen-bond donors (Lipinski definition) is 2. The zero-order valence-electron chi connectivity index (χ0n) is 9.55. The molecule has 0 aromatic heterocycles. The number of carbonyl (C=O) groups excluding carboxylic acids is 1. The fourth-order valence-electron chi connectivity index (χ4n) is 1.81. The molecule has 1 atom stereocenters. The highest BCUT2D eigenvalue weighted by atomic mass is 32.2. The van der Waals surface area contributed by atoms with Gasteiger partial charge in [0.25, 0.3) is 0 Å². The highest BCUT2D eigenvalue weighted by Crippen LogP contribution is 2.04. The molecule has 1 aliphatic heterocycles. The van der Waals surface area contributed by atoms with Crippen LogP contribution in [0.4, 0.5) is 0 Å². The van der Waals surface area contributed by atoms with Crippen molar-refractivity contribution in [3.8, 4) is 0 Å². The molecule has 1 heterocycles. The van der Waals surface area contributed by atoms with Crippen LogP contribution >= 0.6 is 11.8 Å². The first-order chi connectivity index (χ1) is 7.33. The van der Waals surface area contributed by atoms with Gasteiger partial charge in [-0.3, -0.25) is 4.79 Å². The zero-order valence-corrected chi connectivity index (χ0v) is 10.4. The minimum Gasteiger partial charge on any atom is -0.352 e. The van der Waals surface area contributed by atoms with Gasteiger partial charge in [0.1, 0.15) is 0 Å². The molecule has 0 radical (unpaired) electrons. The van der Waals surface area contributed by atoms with Crippen LogP contribution in [-0.4, -0.2) is 37.0 Å². The summed E-state index contributed by atoms with van der Waals surface area (Å²) in [5, 5.41) is 6.39. The Hall–Kier alpha value is -0.220. The summed E-state index contributed by atoms with van der Waals surface area (Å²) in [5.41, 5.74) is 0. The molecule has 2 N–H and O–H groups in total. The third-order valence-corrected chi connectivity index (χ3v) is 3.36. The lowest BCUT2D eigenvalue weighted by molar-refractivity contribution is -0.122. The largest absolute Gasteiger partial charge is 0.352 e. The SMILES string of the molecule is CSCCCCC(=O)NC1CCCNC1. The van der Waals surface area contributed by atoms with Crippen molar-refractivity contribution in [3.05, 3.63) is 0 Å². The van der Waals surface area contributed by atoms with Crippen LogP contribution in [0.1, 0.15) is 32.1 Å². The Morgan fingerprint density at radius 1 is 1.53 bits per heavy atom. The minimum absolute atomic E-state index is 0.227. The molecule has 1 amide bonds. The second-order valence-corrected chi connectivity index (χ2v) is 5.05. The van der Waals surface area contributed by atoms with Gasteiger partial charge in [0, 0.05) is 19.0 Å². The minimum atomic E-state index is 0.227. The maximum atomic E-state index is 11.5. The highest BCUT2D eigenvalue weighted by molar-refractivity contribution is 7.98. The Bertz CT molecular complexity index is 181. The van der Waals surface area contributed by atoms with E-state index in [0.717, 1.165) is 38.1 Å². The zero-order chi connectivity index (χ0) is 10.9. The Balaban J connectivity index is 2.01. The molecule has 4 heteroatoms. The van der Waals surface area contributed by atoms with Crippen LogP contribution in [0.3, 0.4) is 0 Å². The number of hydrogen-bond acceptors (Lipinski definition) is 3. The Labute approximate surface area is 96.8 Å². The molecule has 0 aliphatic carbocycles. The van der Waals surface area contributed by atoms with Crippen molar-refractivity contribution >= 4 is 17.7 Å². The molecule has 15 heavy (non-hydrogen) atoms. The topological polar surface area (TPSA) is 41.1 Å². The summed E-state index contributed by atoms with van der Waals surface area (Å²) in [6, 6.07) is 0.367. The standard InChI is InChI=1S/C11H22N2OS/c1-15-8-3-2-6-11(14)13-10-5-4-7-12-9-10/h10,12H,2-9H2,1H3,(H,13,14). The van der Waals surface area contributed by atoms with Gasteiger partial charge in [-0.2, -0.15) is 11.8 Å². The summed E-state index contributed by atoms with van der Waals surface area (Å²) in [6.45, 7) is 2.04. The van der Waals surface area contributed by atoms with Gasteiger partial charge in [0.05, 0.1) is 0 Å². The van der Waals surface area contributed by atoms with Crippen LogP contribution in [-0.2, 0) is 4.79 Å². The van der Waals surface area contributed by atoms with Gasteiger partial charge in [-0.25, -0.2) is 0 Å². The van der Waals surface area contributed by atoms with Crippen molar-refractivity contribution in [1.82, 2.24) is 10.6 Å². The van der Waals surface area contributed by atoms with Gasteiger partial charge >= 0.3 is 0 Å². The molecule has 1 aliphatic rings. The fraction of sp³-hybridized carbons (Fsp3) is 0.909. The van der Waals surface area contributed by atoms with Crippen LogP contribution in [0.5, 0.6) is 0 Å². The lowest BCUT2D eigenvalue weighted by atomic mass is 10.1. The van der Waals surface area contributed by atoms with E-state index in [1.807, 2.05) is 11.8 Å². The number of unbranched alkanes of at least 4 members (excludes halogenated alkanes) is 1. The molecule has 0 bridgehead atoms. The molecule has 0 spiro atoms. The third-order valence-electron chi connectivity index (χ3n) is 2.66. The summed E-state index contributed by atoms with van der Waals surface area (Å²) < 4.78 is 0. The Kier molecular flexibility index (Phi) is 6.85. The van der Waals surface area contributed by atoms with E-state index < -0.39 is 0 Å². The van der Waals surface area contributed by atoms with Gasteiger partial charge in [-0.05, 0) is 44.2 Å². The van der Waals surface area contributed by atoms with Crippen molar-refractivity contribution < 1.29 is 4.79 Å². The van der Waals surface area contributed by atoms with Crippen molar-refractivity contribution in [2.24, 2.45) is 0 Å². The molecule has 0 aromatic carbocycles. The van der Waals surface area contributed by atoms with E-state index in [2.05, 4.69) is 16.9 Å². The number of rotatable bonds is 6. The molecule has 0 saturated carbocycles. The lowest BCUT2D eigenvalue weighted by Crippen LogP contribution is -2.45. The second kappa shape index (κ2) is 7.99. The smallest absolute Gasteiger partial charge is 0.220 e. The maximum Gasteiger partial charge on any atom is 0.220 e. The first kappa shape index (κ1) is 12.8. The summed E-state index contributed by atoms with van der Waals surface area (Å²) in [7, 11) is 0. The van der Waals surface area contributed by atoms with E-state index in [-0.39, 0.29) is 5.91 Å². The third kappa shape index (κ3) is 6.05. The Morgan fingerprint density at radius 3 is 3.07 bits per heavy atom. The molecular formula is C11H22N2OS. The molecule has 3 nitrogen and oxygen atoms in total. The quantitative estimate of drug-likeness (QED) is 0.678. The van der Waals surface area contributed by atoms with Crippen LogP contribution in [0.2, 0.25) is 0 Å². The first-order valence-electron chi connectivity index (χ1n) is 5.82. The average molecular weight is 230 g/mol. The number of nitrogens with one attached hydrogen (secondary N) is 2. The predicted octanol–water partition coefficient (Wildman–Crippen LogP) is 1.39. The summed E-state index contributed by atoms with van der Waals surface area (Å²) >= 11 is 1.85. The molecule has 1 fully saturated rings. The predicted molar refractivity (Wildman–Crippen MR) is 66.3 cm³/mol. The van der Waals surface area contributed by atoms with Crippen LogP contribution in [0.25, 0.3) is 0 Å². The van der Waals surface area contributed by atoms with Crippen molar-refractivity contribution in [1.29, 1.82) is 0 Å². The van der Waals surface area contributed by atoms with E-state index in [4.69, 9.17) is 0 Å². The van der Waals surface area contributed by atoms with Crippen LogP contribution < -0.4 is 10.6 Å². The summed E-state index contributed by atoms with van der Waals surface area (Å²) in [4.78, 5) is 11.5. The van der Waals surface area contributed by atoms with Crippen molar-refractivity contribution in [2.45, 2.75) is 38.1 Å². The van der Waals surface area contributed by atoms with Gasteiger partial charge in [-0.15, -0.1) is 0 Å². The molecule has 0 aromatic rings. The number of piperidine rings is 1. The van der Waals surface area contributed by atoms with Gasteiger partial charge in [0.2, 0.25) is 5.91 Å². The molecule has 88 valence electrons. The van der Waals surface area contributed by atoms with E-state index in [9.17, 15) is 4.79 Å². The van der Waals surface area contributed by atoms with Gasteiger partial charge in [-0.1, -0.05) is 0 Å². The van der Waals surface area contributed by atoms with Crippen molar-refractivity contribution in [2.75, 3.05) is 25.1 Å². The molecular weight excluding hydrogens is 208 g/mol. The highest BCUT2D eigenvalue weighted by Gasteiger charge is 2.14. The van der Waals surface area contributed by atoms with Crippen LogP contribution in [0.15, 0.2) is 0 Å². The second-order valence-electron chi connectivity index (χ2n) is 4.06. The van der Waals surface area contributed by atoms with Gasteiger partial charge < -0.3 is 10.6 Å².